The highest BCUT2D eigenvalue weighted by Crippen LogP contribution is 2.22. The summed E-state index contributed by atoms with van der Waals surface area (Å²) in [6.07, 6.45) is 2.42. The van der Waals surface area contributed by atoms with Crippen molar-refractivity contribution in [1.29, 1.82) is 0 Å². The van der Waals surface area contributed by atoms with Crippen LogP contribution in [-0.2, 0) is 6.42 Å². The third kappa shape index (κ3) is 4.44. The molecule has 0 aliphatic carbocycles. The lowest BCUT2D eigenvalue weighted by atomic mass is 9.97. The number of rotatable bonds is 6. The van der Waals surface area contributed by atoms with E-state index in [1.54, 1.807) is 0 Å². The topological polar surface area (TPSA) is 0 Å². The van der Waals surface area contributed by atoms with Crippen LogP contribution in [0.2, 0.25) is 13.1 Å². The van der Waals surface area contributed by atoms with Crippen molar-refractivity contribution in [1.82, 2.24) is 0 Å². The van der Waals surface area contributed by atoms with Crippen molar-refractivity contribution < 1.29 is 0 Å². The molecule has 0 saturated heterocycles. The molecule has 0 bridgehead atoms. The quantitative estimate of drug-likeness (QED) is 0.657. The van der Waals surface area contributed by atoms with E-state index in [0.717, 1.165) is 17.9 Å². The summed E-state index contributed by atoms with van der Waals surface area (Å²) in [6.45, 7) is 13.6. The molecule has 0 aliphatic rings. The Morgan fingerprint density at radius 1 is 0.909 bits per heavy atom. The van der Waals surface area contributed by atoms with Crippen molar-refractivity contribution in [3.05, 3.63) is 71.8 Å². The smallest absolute Gasteiger partial charge is 0.0647 e. The zero-order valence-electron chi connectivity index (χ0n) is 14.4. The Hall–Kier alpha value is -1.60. The summed E-state index contributed by atoms with van der Waals surface area (Å²) in [5.74, 6) is 0.762. The molecule has 0 nitrogen and oxygen atoms in total. The molecule has 0 saturated carbocycles. The maximum absolute atomic E-state index is 4.28. The molecule has 0 N–H and O–H groups in total. The number of benzene rings is 2. The van der Waals surface area contributed by atoms with E-state index in [4.69, 9.17) is 0 Å². The van der Waals surface area contributed by atoms with Crippen LogP contribution in [0.3, 0.4) is 0 Å². The Labute approximate surface area is 137 Å². The van der Waals surface area contributed by atoms with Crippen LogP contribution in [0.1, 0.15) is 37.0 Å². The first-order chi connectivity index (χ1) is 10.5. The molecule has 0 heterocycles. The zero-order valence-corrected chi connectivity index (χ0v) is 15.5. The molecular formula is C21H28Si. The van der Waals surface area contributed by atoms with Gasteiger partial charge in [-0.15, -0.1) is 0 Å². The first-order valence-corrected chi connectivity index (χ1v) is 11.2. The molecule has 0 fully saturated rings. The van der Waals surface area contributed by atoms with E-state index >= 15 is 0 Å². The minimum absolute atomic E-state index is 0.708. The fourth-order valence-electron chi connectivity index (χ4n) is 2.56. The summed E-state index contributed by atoms with van der Waals surface area (Å²) in [7, 11) is -0.708. The molecule has 22 heavy (non-hydrogen) atoms. The molecule has 0 amide bonds. The van der Waals surface area contributed by atoms with Gasteiger partial charge in [0.1, 0.15) is 0 Å². The van der Waals surface area contributed by atoms with Crippen LogP contribution in [0.4, 0.5) is 0 Å². The van der Waals surface area contributed by atoms with Gasteiger partial charge in [-0.1, -0.05) is 87.2 Å². The lowest BCUT2D eigenvalue weighted by Crippen LogP contribution is -2.21. The van der Waals surface area contributed by atoms with Crippen LogP contribution in [-0.4, -0.2) is 8.80 Å². The van der Waals surface area contributed by atoms with Gasteiger partial charge < -0.3 is 0 Å². The normalized spacial score (nSPS) is 11.2. The van der Waals surface area contributed by atoms with Gasteiger partial charge in [-0.25, -0.2) is 0 Å². The molecule has 0 atom stereocenters. The molecule has 0 spiro atoms. The van der Waals surface area contributed by atoms with Gasteiger partial charge in [-0.3, -0.25) is 0 Å². The highest BCUT2D eigenvalue weighted by Gasteiger charge is 2.05. The fraction of sp³-hybridized carbons (Fsp3) is 0.333. The molecule has 116 valence electrons. The summed E-state index contributed by atoms with van der Waals surface area (Å²) in [4.78, 5) is 0. The maximum atomic E-state index is 4.28. The zero-order chi connectivity index (χ0) is 16.1. The summed E-state index contributed by atoms with van der Waals surface area (Å²) >= 11 is 0. The standard InChI is InChI=1S/C21H28Si/c1-16(2)6-7-18-8-10-19(11-9-18)17(3)20-12-14-21(15-13-20)22(4)5/h8-16,22H,3,6-7H2,1-2,4-5H3. The first kappa shape index (κ1) is 16.8. The molecule has 2 aromatic carbocycles. The third-order valence-electron chi connectivity index (χ3n) is 4.24. The second-order valence-electron chi connectivity index (χ2n) is 6.88. The molecule has 0 radical (unpaired) electrons. The van der Waals surface area contributed by atoms with Crippen molar-refractivity contribution in [2.45, 2.75) is 39.8 Å². The van der Waals surface area contributed by atoms with E-state index in [0.29, 0.717) is 0 Å². The van der Waals surface area contributed by atoms with Crippen molar-refractivity contribution in [2.75, 3.05) is 0 Å². The largest absolute Gasteiger partial charge is 0.0906 e. The van der Waals surface area contributed by atoms with Crippen LogP contribution < -0.4 is 5.19 Å². The molecule has 0 unspecified atom stereocenters. The van der Waals surface area contributed by atoms with Crippen molar-refractivity contribution in [3.63, 3.8) is 0 Å². The summed E-state index contributed by atoms with van der Waals surface area (Å²) in [6, 6.07) is 17.9. The third-order valence-corrected chi connectivity index (χ3v) is 5.96. The van der Waals surface area contributed by atoms with Gasteiger partial charge >= 0.3 is 0 Å². The lowest BCUT2D eigenvalue weighted by molar-refractivity contribution is 0.587. The van der Waals surface area contributed by atoms with Gasteiger partial charge in [0.2, 0.25) is 0 Å². The van der Waals surface area contributed by atoms with Gasteiger partial charge in [0.25, 0.3) is 0 Å². The predicted molar refractivity (Wildman–Crippen MR) is 103 cm³/mol. The molecule has 0 aliphatic heterocycles. The average molecular weight is 309 g/mol. The van der Waals surface area contributed by atoms with Gasteiger partial charge in [0.05, 0.1) is 8.80 Å². The molecule has 1 heteroatoms. The first-order valence-electron chi connectivity index (χ1n) is 8.36. The summed E-state index contributed by atoms with van der Waals surface area (Å²) in [5.41, 5.74) is 5.00. The molecule has 0 aromatic heterocycles. The maximum Gasteiger partial charge on any atom is 0.0647 e. The Morgan fingerprint density at radius 2 is 1.41 bits per heavy atom. The Morgan fingerprint density at radius 3 is 1.86 bits per heavy atom. The molecule has 2 rings (SSSR count). The van der Waals surface area contributed by atoms with Crippen molar-refractivity contribution in [3.8, 4) is 0 Å². The van der Waals surface area contributed by atoms with Crippen LogP contribution in [0.25, 0.3) is 5.57 Å². The number of aryl methyl sites for hydroxylation is 1. The summed E-state index contributed by atoms with van der Waals surface area (Å²) < 4.78 is 0. The van der Waals surface area contributed by atoms with E-state index in [1.165, 1.54) is 28.3 Å². The second-order valence-corrected chi connectivity index (χ2v) is 9.86. The van der Waals surface area contributed by atoms with Crippen molar-refractivity contribution in [2.24, 2.45) is 5.92 Å². The van der Waals surface area contributed by atoms with E-state index in [9.17, 15) is 0 Å². The average Bonchev–Trinajstić information content (AvgIpc) is 2.53. The lowest BCUT2D eigenvalue weighted by Gasteiger charge is -2.10. The van der Waals surface area contributed by atoms with E-state index < -0.39 is 8.80 Å². The van der Waals surface area contributed by atoms with Crippen LogP contribution in [0, 0.1) is 5.92 Å². The highest BCUT2D eigenvalue weighted by atomic mass is 28.3. The highest BCUT2D eigenvalue weighted by molar-refractivity contribution is 6.70. The van der Waals surface area contributed by atoms with Crippen molar-refractivity contribution >= 4 is 19.6 Å². The van der Waals surface area contributed by atoms with Crippen LogP contribution in [0.15, 0.2) is 55.1 Å². The van der Waals surface area contributed by atoms with E-state index in [2.05, 4.69) is 82.1 Å². The molecular weight excluding hydrogens is 280 g/mol. The van der Waals surface area contributed by atoms with Gasteiger partial charge in [0.15, 0.2) is 0 Å². The van der Waals surface area contributed by atoms with Gasteiger partial charge in [-0.05, 0) is 41.0 Å². The minimum Gasteiger partial charge on any atom is -0.0906 e. The van der Waals surface area contributed by atoms with Gasteiger partial charge in [-0.2, -0.15) is 0 Å². The van der Waals surface area contributed by atoms with E-state index in [-0.39, 0.29) is 0 Å². The Balaban J connectivity index is 2.09. The SMILES string of the molecule is C=C(c1ccc(CCC(C)C)cc1)c1ccc([SiH](C)C)cc1. The number of hydrogen-bond donors (Lipinski definition) is 0. The fourth-order valence-corrected chi connectivity index (χ4v) is 3.53. The monoisotopic (exact) mass is 308 g/mol. The Kier molecular flexibility index (Phi) is 5.79. The predicted octanol–water partition coefficient (Wildman–Crippen LogP) is 5.03. The number of hydrogen-bond acceptors (Lipinski definition) is 0. The molecule has 2 aromatic rings. The Bertz CT molecular complexity index is 603. The second kappa shape index (κ2) is 7.60. The van der Waals surface area contributed by atoms with Gasteiger partial charge in [0, 0.05) is 0 Å². The summed E-state index contributed by atoms with van der Waals surface area (Å²) in [5, 5.41) is 1.51. The van der Waals surface area contributed by atoms with Crippen LogP contribution >= 0.6 is 0 Å². The van der Waals surface area contributed by atoms with E-state index in [1.807, 2.05) is 0 Å². The minimum atomic E-state index is -0.708. The van der Waals surface area contributed by atoms with Crippen LogP contribution in [0.5, 0.6) is 0 Å².